The van der Waals surface area contributed by atoms with Crippen LogP contribution >= 0.6 is 0 Å². The van der Waals surface area contributed by atoms with Crippen LogP contribution in [0.5, 0.6) is 5.75 Å². The van der Waals surface area contributed by atoms with E-state index in [1.165, 1.54) is 0 Å². The summed E-state index contributed by atoms with van der Waals surface area (Å²) in [4.78, 5) is 27.1. The zero-order valence-electron chi connectivity index (χ0n) is 18.9. The number of fused-ring (bicyclic) bond motifs is 2. The smallest absolute Gasteiger partial charge is 0.258 e. The van der Waals surface area contributed by atoms with Crippen molar-refractivity contribution in [3.05, 3.63) is 101 Å². The number of amides is 1. The lowest BCUT2D eigenvalue weighted by molar-refractivity contribution is 0.0984. The maximum Gasteiger partial charge on any atom is 0.258 e. The van der Waals surface area contributed by atoms with Crippen LogP contribution in [0.2, 0.25) is 0 Å². The van der Waals surface area contributed by atoms with Gasteiger partial charge in [0.2, 0.25) is 0 Å². The van der Waals surface area contributed by atoms with Gasteiger partial charge >= 0.3 is 0 Å². The number of para-hydroxylation sites is 1. The normalized spacial score (nSPS) is 12.6. The predicted octanol–water partition coefficient (Wildman–Crippen LogP) is 4.93. The van der Waals surface area contributed by atoms with E-state index in [1.54, 1.807) is 24.1 Å². The first-order valence-electron chi connectivity index (χ1n) is 10.9. The maximum atomic E-state index is 13.8. The summed E-state index contributed by atoms with van der Waals surface area (Å²) < 4.78 is 9.78. The van der Waals surface area contributed by atoms with Crippen molar-refractivity contribution in [2.45, 2.75) is 26.9 Å². The standard InChI is InChI=1S/C27H25N3O3/c1-18-8-9-19(2)30(18)25-13-10-20(14-26(25)33-3)27(32)29-16-22-11-12-23(17-31)28(22)15-21-6-4-5-7-24(21)29/h4-14,17H,15-16H2,1-3H3. The fraction of sp³-hybridized carbons (Fsp3) is 0.185. The largest absolute Gasteiger partial charge is 0.495 e. The van der Waals surface area contributed by atoms with Crippen molar-refractivity contribution in [3.63, 3.8) is 0 Å². The number of nitrogens with zero attached hydrogens (tertiary/aromatic N) is 3. The minimum Gasteiger partial charge on any atom is -0.495 e. The van der Waals surface area contributed by atoms with Gasteiger partial charge in [0, 0.05) is 28.3 Å². The van der Waals surface area contributed by atoms with Gasteiger partial charge in [0.1, 0.15) is 5.75 Å². The van der Waals surface area contributed by atoms with Crippen LogP contribution in [-0.2, 0) is 13.1 Å². The Balaban J connectivity index is 1.58. The minimum atomic E-state index is -0.115. The molecule has 6 nitrogen and oxygen atoms in total. The van der Waals surface area contributed by atoms with E-state index in [0.29, 0.717) is 30.1 Å². The highest BCUT2D eigenvalue weighted by atomic mass is 16.5. The average Bonchev–Trinajstić information content (AvgIpc) is 3.33. The molecule has 33 heavy (non-hydrogen) atoms. The molecule has 2 aromatic heterocycles. The van der Waals surface area contributed by atoms with Crippen LogP contribution in [0, 0.1) is 13.8 Å². The number of methoxy groups -OCH3 is 1. The molecule has 2 aromatic carbocycles. The van der Waals surface area contributed by atoms with Crippen molar-refractivity contribution >= 4 is 17.9 Å². The molecule has 0 aliphatic carbocycles. The topological polar surface area (TPSA) is 56.5 Å². The fourth-order valence-corrected chi connectivity index (χ4v) is 4.67. The van der Waals surface area contributed by atoms with Crippen molar-refractivity contribution in [2.75, 3.05) is 12.0 Å². The summed E-state index contributed by atoms with van der Waals surface area (Å²) in [5.41, 5.74) is 7.00. The molecule has 0 fully saturated rings. The van der Waals surface area contributed by atoms with E-state index in [9.17, 15) is 9.59 Å². The summed E-state index contributed by atoms with van der Waals surface area (Å²) in [7, 11) is 1.62. The van der Waals surface area contributed by atoms with E-state index >= 15 is 0 Å². The summed E-state index contributed by atoms with van der Waals surface area (Å²) in [5.74, 6) is 0.522. The molecule has 0 N–H and O–H groups in total. The summed E-state index contributed by atoms with van der Waals surface area (Å²) in [5, 5.41) is 0. The number of carbonyl (C=O) groups is 2. The van der Waals surface area contributed by atoms with Crippen LogP contribution < -0.4 is 9.64 Å². The minimum absolute atomic E-state index is 0.115. The fourth-order valence-electron chi connectivity index (χ4n) is 4.67. The average molecular weight is 440 g/mol. The molecular weight excluding hydrogens is 414 g/mol. The van der Waals surface area contributed by atoms with Crippen molar-refractivity contribution < 1.29 is 14.3 Å². The Bertz CT molecular complexity index is 1360. The molecule has 0 spiro atoms. The van der Waals surface area contributed by atoms with Gasteiger partial charge in [-0.2, -0.15) is 0 Å². The molecule has 0 atom stereocenters. The Morgan fingerprint density at radius 2 is 1.67 bits per heavy atom. The predicted molar refractivity (Wildman–Crippen MR) is 128 cm³/mol. The van der Waals surface area contributed by atoms with E-state index in [-0.39, 0.29) is 5.91 Å². The zero-order valence-corrected chi connectivity index (χ0v) is 18.9. The molecule has 6 heteroatoms. The summed E-state index contributed by atoms with van der Waals surface area (Å²) in [6.45, 7) is 5.01. The Hall–Kier alpha value is -4.06. The number of aldehydes is 1. The molecule has 0 saturated heterocycles. The van der Waals surface area contributed by atoms with E-state index in [2.05, 4.69) is 16.7 Å². The SMILES string of the molecule is COc1cc(C(=O)N2Cc3ccc(C=O)n3Cc3ccccc32)ccc1-n1c(C)ccc1C. The Morgan fingerprint density at radius 1 is 0.909 bits per heavy atom. The van der Waals surface area contributed by atoms with E-state index in [1.807, 2.05) is 60.9 Å². The summed E-state index contributed by atoms with van der Waals surface area (Å²) >= 11 is 0. The van der Waals surface area contributed by atoms with Gasteiger partial charge in [-0.1, -0.05) is 18.2 Å². The van der Waals surface area contributed by atoms with Gasteiger partial charge < -0.3 is 18.8 Å². The van der Waals surface area contributed by atoms with Gasteiger partial charge in [0.15, 0.2) is 6.29 Å². The van der Waals surface area contributed by atoms with E-state index < -0.39 is 0 Å². The maximum absolute atomic E-state index is 13.8. The molecule has 0 radical (unpaired) electrons. The molecule has 1 aliphatic heterocycles. The van der Waals surface area contributed by atoms with Gasteiger partial charge in [-0.25, -0.2) is 0 Å². The van der Waals surface area contributed by atoms with Gasteiger partial charge in [0.25, 0.3) is 5.91 Å². The second kappa shape index (κ2) is 8.13. The number of benzene rings is 2. The van der Waals surface area contributed by atoms with Crippen molar-refractivity contribution in [3.8, 4) is 11.4 Å². The number of hydrogen-bond acceptors (Lipinski definition) is 3. The quantitative estimate of drug-likeness (QED) is 0.424. The second-order valence-electron chi connectivity index (χ2n) is 8.31. The van der Waals surface area contributed by atoms with Crippen LogP contribution in [-0.4, -0.2) is 28.4 Å². The number of anilines is 1. The van der Waals surface area contributed by atoms with Gasteiger partial charge in [-0.15, -0.1) is 0 Å². The first kappa shape index (κ1) is 20.8. The first-order valence-corrected chi connectivity index (χ1v) is 10.9. The van der Waals surface area contributed by atoms with Crippen LogP contribution in [0.3, 0.4) is 0 Å². The molecular formula is C27H25N3O3. The molecule has 4 aromatic rings. The van der Waals surface area contributed by atoms with Crippen LogP contribution in [0.25, 0.3) is 5.69 Å². The van der Waals surface area contributed by atoms with E-state index in [0.717, 1.165) is 40.3 Å². The lowest BCUT2D eigenvalue weighted by atomic mass is 10.1. The summed E-state index contributed by atoms with van der Waals surface area (Å²) in [6.07, 6.45) is 0.860. The molecule has 0 unspecified atom stereocenters. The van der Waals surface area contributed by atoms with Crippen molar-refractivity contribution in [1.82, 2.24) is 9.13 Å². The van der Waals surface area contributed by atoms with E-state index in [4.69, 9.17) is 4.74 Å². The first-order chi connectivity index (χ1) is 16.0. The Labute approximate surface area is 192 Å². The van der Waals surface area contributed by atoms with Crippen molar-refractivity contribution in [1.29, 1.82) is 0 Å². The number of rotatable bonds is 4. The molecule has 5 rings (SSSR count). The molecule has 1 amide bonds. The van der Waals surface area contributed by atoms with Crippen LogP contribution in [0.15, 0.2) is 66.7 Å². The third-order valence-electron chi connectivity index (χ3n) is 6.34. The second-order valence-corrected chi connectivity index (χ2v) is 8.31. The molecule has 166 valence electrons. The highest BCUT2D eigenvalue weighted by molar-refractivity contribution is 6.07. The van der Waals surface area contributed by atoms with Crippen molar-refractivity contribution in [2.24, 2.45) is 0 Å². The number of carbonyl (C=O) groups excluding carboxylic acids is 2. The highest BCUT2D eigenvalue weighted by Gasteiger charge is 2.26. The van der Waals surface area contributed by atoms with Gasteiger partial charge in [-0.3, -0.25) is 9.59 Å². The number of ether oxygens (including phenoxy) is 1. The van der Waals surface area contributed by atoms with Crippen LogP contribution in [0.4, 0.5) is 5.69 Å². The lowest BCUT2D eigenvalue weighted by Crippen LogP contribution is -2.30. The number of aromatic nitrogens is 2. The Morgan fingerprint density at radius 3 is 2.39 bits per heavy atom. The zero-order chi connectivity index (χ0) is 23.1. The molecule has 3 heterocycles. The highest BCUT2D eigenvalue weighted by Crippen LogP contribution is 2.32. The van der Waals surface area contributed by atoms with Gasteiger partial charge in [0.05, 0.1) is 31.6 Å². The molecule has 1 aliphatic rings. The Kier molecular flexibility index (Phi) is 5.13. The molecule has 0 bridgehead atoms. The monoisotopic (exact) mass is 439 g/mol. The third kappa shape index (κ3) is 3.44. The number of aryl methyl sites for hydroxylation is 2. The lowest BCUT2D eigenvalue weighted by Gasteiger charge is -2.23. The number of hydrogen-bond donors (Lipinski definition) is 0. The molecule has 0 saturated carbocycles. The summed E-state index contributed by atoms with van der Waals surface area (Å²) in [6, 6.07) is 21.3. The third-order valence-corrected chi connectivity index (χ3v) is 6.34. The van der Waals surface area contributed by atoms with Gasteiger partial charge in [-0.05, 0) is 67.9 Å². The van der Waals surface area contributed by atoms with Crippen LogP contribution in [0.1, 0.15) is 43.5 Å².